The van der Waals surface area contributed by atoms with Gasteiger partial charge >= 0.3 is 370 Å². The SMILES string of the molecule is CN1CCN(C)C1=NP(=O)(OC[C@H]1OCCC1O[PH](O)(N=C1N(C)CCN1C)OC[C@H]1OCCC1O[PH](O)(N=C1N(C)CCN1C)OCCCOP(=O)(O)O)OC1CCO[C@@H]1CO. The number of guanidine groups is 3. The Morgan fingerprint density at radius 2 is 1.06 bits per heavy atom. The Bertz CT molecular complexity index is 1690. The van der Waals surface area contributed by atoms with Gasteiger partial charge in [0.25, 0.3) is 0 Å². The molecule has 5 N–H and O–H groups in total. The van der Waals surface area contributed by atoms with Crippen molar-refractivity contribution in [2.24, 2.45) is 14.3 Å². The number of aliphatic hydroxyl groups excluding tert-OH is 1. The average Bonchev–Trinajstić information content (AvgIpc) is 4.10. The number of nitrogens with zero attached hydrogens (tertiary/aromatic N) is 9. The predicted octanol–water partition coefficient (Wildman–Crippen LogP) is -0.338. The molecule has 7 atom stereocenters. The third-order valence-corrected chi connectivity index (χ3v) is 16.5. The Kier molecular flexibility index (Phi) is 17.9. The van der Waals surface area contributed by atoms with Crippen LogP contribution in [0, 0.1) is 0 Å². The molecule has 0 aromatic rings. The van der Waals surface area contributed by atoms with Crippen molar-refractivity contribution in [3.05, 3.63) is 0 Å². The van der Waals surface area contributed by atoms with Gasteiger partial charge in [-0.3, -0.25) is 0 Å². The van der Waals surface area contributed by atoms with E-state index in [0.29, 0.717) is 83.0 Å². The normalized spacial score (nSPS) is 28.9. The number of likely N-dealkylation sites (N-methyl/N-ethyl adjacent to an activating group) is 6. The molecule has 26 nitrogen and oxygen atoms in total. The zero-order chi connectivity index (χ0) is 45.6. The quantitative estimate of drug-likeness (QED) is 0.0685. The predicted molar refractivity (Wildman–Crippen MR) is 232 cm³/mol. The Morgan fingerprint density at radius 1 is 0.619 bits per heavy atom. The first kappa shape index (κ1) is 50.9. The summed E-state index contributed by atoms with van der Waals surface area (Å²) in [7, 11) is -7.03. The second kappa shape index (κ2) is 22.1. The molecule has 0 amide bonds. The van der Waals surface area contributed by atoms with Crippen LogP contribution in [0.2, 0.25) is 0 Å². The fourth-order valence-electron chi connectivity index (χ4n) is 7.63. The molecule has 0 spiro atoms. The van der Waals surface area contributed by atoms with Crippen LogP contribution in [-0.2, 0) is 55.0 Å². The number of ether oxygens (including phenoxy) is 3. The minimum atomic E-state index is -4.70. The van der Waals surface area contributed by atoms with Gasteiger partial charge in [0.05, 0.1) is 0 Å². The number of phosphoric acid groups is 1. The van der Waals surface area contributed by atoms with Crippen molar-refractivity contribution in [1.29, 1.82) is 0 Å². The van der Waals surface area contributed by atoms with E-state index in [-0.39, 0.29) is 52.7 Å². The Labute approximate surface area is 369 Å². The maximum absolute atomic E-state index is 14.4. The van der Waals surface area contributed by atoms with Crippen molar-refractivity contribution in [3.63, 3.8) is 0 Å². The van der Waals surface area contributed by atoms with E-state index in [4.69, 9.17) is 51.1 Å². The molecular weight excluding hydrogens is 918 g/mol. The van der Waals surface area contributed by atoms with E-state index < -0.39 is 68.4 Å². The van der Waals surface area contributed by atoms with Crippen LogP contribution >= 0.6 is 31.8 Å². The van der Waals surface area contributed by atoms with Crippen LogP contribution in [0.1, 0.15) is 25.7 Å². The molecule has 6 saturated heterocycles. The van der Waals surface area contributed by atoms with Crippen molar-refractivity contribution in [1.82, 2.24) is 29.4 Å². The van der Waals surface area contributed by atoms with Gasteiger partial charge in [-0.15, -0.1) is 0 Å². The fourth-order valence-corrected chi connectivity index (χ4v) is 13.3. The van der Waals surface area contributed by atoms with Gasteiger partial charge in [0.1, 0.15) is 0 Å². The number of rotatable bonds is 22. The molecule has 6 aliphatic heterocycles. The van der Waals surface area contributed by atoms with E-state index in [2.05, 4.69) is 18.8 Å². The van der Waals surface area contributed by atoms with Crippen LogP contribution in [0.25, 0.3) is 0 Å². The van der Waals surface area contributed by atoms with E-state index in [9.17, 15) is 24.0 Å². The van der Waals surface area contributed by atoms with Crippen molar-refractivity contribution < 1.29 is 79.7 Å². The summed E-state index contributed by atoms with van der Waals surface area (Å²) in [4.78, 5) is 53.3. The average molecular weight is 986 g/mol. The number of hydrogen-bond acceptors (Lipinski definition) is 17. The summed E-state index contributed by atoms with van der Waals surface area (Å²) in [6.45, 7) is 3.18. The maximum atomic E-state index is 14.4. The zero-order valence-electron chi connectivity index (χ0n) is 36.7. The van der Waals surface area contributed by atoms with Crippen LogP contribution in [0.5, 0.6) is 0 Å². The van der Waals surface area contributed by atoms with Gasteiger partial charge in [-0.2, -0.15) is 0 Å². The van der Waals surface area contributed by atoms with Gasteiger partial charge in [-0.1, -0.05) is 0 Å². The molecule has 6 fully saturated rings. The Balaban J connectivity index is 1.17. The van der Waals surface area contributed by atoms with Crippen molar-refractivity contribution >= 4 is 49.6 Å². The van der Waals surface area contributed by atoms with Crippen LogP contribution in [0.4, 0.5) is 0 Å². The third kappa shape index (κ3) is 14.0. The molecule has 0 radical (unpaired) electrons. The number of phosphoric ester groups is 1. The zero-order valence-corrected chi connectivity index (χ0v) is 40.5. The molecule has 366 valence electrons. The van der Waals surface area contributed by atoms with Crippen LogP contribution in [0.3, 0.4) is 0 Å². The molecule has 6 rings (SSSR count). The van der Waals surface area contributed by atoms with Gasteiger partial charge in [-0.25, -0.2) is 0 Å². The van der Waals surface area contributed by atoms with E-state index in [1.165, 1.54) is 0 Å². The molecule has 4 unspecified atom stereocenters. The molecule has 6 aliphatic rings. The van der Waals surface area contributed by atoms with E-state index in [0.717, 1.165) is 0 Å². The van der Waals surface area contributed by atoms with Gasteiger partial charge in [0, 0.05) is 0 Å². The molecule has 0 aromatic carbocycles. The summed E-state index contributed by atoms with van der Waals surface area (Å²) < 4.78 is 98.2. The van der Waals surface area contributed by atoms with Gasteiger partial charge in [0.15, 0.2) is 0 Å². The van der Waals surface area contributed by atoms with Crippen LogP contribution in [0.15, 0.2) is 14.3 Å². The molecule has 0 aliphatic carbocycles. The summed E-state index contributed by atoms with van der Waals surface area (Å²) in [6, 6.07) is 0. The van der Waals surface area contributed by atoms with Gasteiger partial charge in [-0.05, 0) is 0 Å². The molecule has 0 aromatic heterocycles. The molecule has 30 heteroatoms. The second-order valence-corrected chi connectivity index (χ2v) is 22.7. The molecule has 63 heavy (non-hydrogen) atoms. The molecule has 0 bridgehead atoms. The topological polar surface area (TPSA) is 284 Å². The van der Waals surface area contributed by atoms with Gasteiger partial charge < -0.3 is 0 Å². The van der Waals surface area contributed by atoms with E-state index >= 15 is 0 Å². The van der Waals surface area contributed by atoms with Crippen molar-refractivity contribution in [3.8, 4) is 0 Å². The van der Waals surface area contributed by atoms with Crippen molar-refractivity contribution in [2.75, 3.05) is 134 Å². The summed E-state index contributed by atoms with van der Waals surface area (Å²) >= 11 is 0. The number of hydrogen-bond donors (Lipinski definition) is 5. The minimum absolute atomic E-state index is 0.0251. The van der Waals surface area contributed by atoms with E-state index in [1.54, 1.807) is 0 Å². The summed E-state index contributed by atoms with van der Waals surface area (Å²) in [5.74, 6) is 1.28. The summed E-state index contributed by atoms with van der Waals surface area (Å²) in [6.07, 6.45) is -3.77. The standard InChI is InChI=1S/C33H67N9O17P4/c1-37-11-12-38(2)31(37)34-60(44,53-17-7-18-54-63(47,48)49)58-26-9-20-51-29(26)23-56-62(46,36-33-41(5)15-16-42(33)6)59-27-10-21-52-30(27)24-55-61(45,35-32-39(3)13-14-40(32)4)57-25-8-19-50-28(25)22-43/h25-30,43-44,46,60,62H,7-24H2,1-6H3,(H2,47,48,49)/t25?,26?,27?,28-,29-,30-,61?/m1/s1. The van der Waals surface area contributed by atoms with Crippen LogP contribution in [-0.4, -0.2) is 243 Å². The molecular formula is C33H67N9O17P4. The Hall–Kier alpha value is -1.47. The summed E-state index contributed by atoms with van der Waals surface area (Å²) in [5.41, 5.74) is 0. The third-order valence-electron chi connectivity index (χ3n) is 11.2. The molecule has 0 saturated carbocycles. The first-order valence-electron chi connectivity index (χ1n) is 21.0. The van der Waals surface area contributed by atoms with Crippen molar-refractivity contribution in [2.45, 2.75) is 62.3 Å². The van der Waals surface area contributed by atoms with E-state index in [1.807, 2.05) is 71.7 Å². The Morgan fingerprint density at radius 3 is 1.56 bits per heavy atom. The second-order valence-electron chi connectivity index (χ2n) is 16.2. The molecule has 6 heterocycles. The summed E-state index contributed by atoms with van der Waals surface area (Å²) in [5, 5.41) is 9.86. The number of aliphatic hydroxyl groups is 1. The first-order chi connectivity index (χ1) is 29.8. The first-order valence-corrected chi connectivity index (χ1v) is 27.5. The monoisotopic (exact) mass is 985 g/mol. The van der Waals surface area contributed by atoms with Crippen LogP contribution < -0.4 is 0 Å². The van der Waals surface area contributed by atoms with Gasteiger partial charge in [0.2, 0.25) is 0 Å². The fraction of sp³-hybridized carbons (Fsp3) is 0.909.